The summed E-state index contributed by atoms with van der Waals surface area (Å²) in [6.45, 7) is 4.42. The first kappa shape index (κ1) is 20.8. The molecule has 0 heterocycles. The third kappa shape index (κ3) is 6.00. The van der Waals surface area contributed by atoms with Crippen LogP contribution in [0.2, 0.25) is 5.02 Å². The Morgan fingerprint density at radius 1 is 1.04 bits per heavy atom. The summed E-state index contributed by atoms with van der Waals surface area (Å²) in [6.07, 6.45) is 0. The van der Waals surface area contributed by atoms with Gasteiger partial charge in [-0.2, -0.15) is 0 Å². The number of anilines is 2. The fourth-order valence-corrected chi connectivity index (χ4v) is 2.78. The lowest BCUT2D eigenvalue weighted by Crippen LogP contribution is -2.40. The average Bonchev–Trinajstić information content (AvgIpc) is 2.63. The van der Waals surface area contributed by atoms with Crippen LogP contribution in [0.5, 0.6) is 0 Å². The average molecular weight is 388 g/mol. The second-order valence-electron chi connectivity index (χ2n) is 6.88. The van der Waals surface area contributed by atoms with Crippen molar-refractivity contribution in [2.24, 2.45) is 0 Å². The molecule has 2 rings (SSSR count). The van der Waals surface area contributed by atoms with Crippen LogP contribution in [0.4, 0.5) is 11.4 Å². The highest BCUT2D eigenvalue weighted by molar-refractivity contribution is 6.33. The Morgan fingerprint density at radius 2 is 1.74 bits per heavy atom. The van der Waals surface area contributed by atoms with Gasteiger partial charge in [0.25, 0.3) is 0 Å². The summed E-state index contributed by atoms with van der Waals surface area (Å²) in [5.41, 5.74) is 2.73. The van der Waals surface area contributed by atoms with Crippen LogP contribution in [0.3, 0.4) is 0 Å². The second-order valence-corrected chi connectivity index (χ2v) is 7.29. The zero-order valence-electron chi connectivity index (χ0n) is 16.2. The zero-order valence-corrected chi connectivity index (χ0v) is 17.0. The molecule has 0 aliphatic rings. The van der Waals surface area contributed by atoms with Gasteiger partial charge in [0.2, 0.25) is 11.8 Å². The van der Waals surface area contributed by atoms with E-state index in [9.17, 15) is 9.59 Å². The lowest BCUT2D eigenvalue weighted by molar-refractivity contribution is -0.132. The van der Waals surface area contributed by atoms with Crippen LogP contribution in [0.15, 0.2) is 48.5 Å². The number of hydrogen-bond donors (Lipinski definition) is 1. The van der Waals surface area contributed by atoms with Gasteiger partial charge in [-0.15, -0.1) is 0 Å². The van der Waals surface area contributed by atoms with Crippen LogP contribution in [0.25, 0.3) is 0 Å². The van der Waals surface area contributed by atoms with E-state index in [1.165, 1.54) is 10.5 Å². The van der Waals surface area contributed by atoms with Crippen molar-refractivity contribution in [3.05, 3.63) is 59.1 Å². The van der Waals surface area contributed by atoms with Crippen LogP contribution < -0.4 is 10.2 Å². The van der Waals surface area contributed by atoms with Gasteiger partial charge in [0.1, 0.15) is 0 Å². The fraction of sp³-hybridized carbons (Fsp3) is 0.333. The summed E-state index contributed by atoms with van der Waals surface area (Å²) in [5.74, 6) is -0.00426. The molecular formula is C21H26ClN3O2. The molecule has 0 radical (unpaired) electrons. The number of carbonyl (C=O) groups excluding carboxylic acids is 2. The van der Waals surface area contributed by atoms with Crippen LogP contribution in [0, 0.1) is 0 Å². The number of halogens is 1. The van der Waals surface area contributed by atoms with Gasteiger partial charge in [-0.05, 0) is 35.7 Å². The van der Waals surface area contributed by atoms with Crippen molar-refractivity contribution in [1.29, 1.82) is 0 Å². The van der Waals surface area contributed by atoms with E-state index in [1.807, 2.05) is 24.1 Å². The van der Waals surface area contributed by atoms with E-state index in [4.69, 9.17) is 11.6 Å². The number of likely N-dealkylation sites (N-methyl/N-ethyl adjacent to an activating group) is 2. The van der Waals surface area contributed by atoms with Gasteiger partial charge < -0.3 is 15.1 Å². The second kappa shape index (κ2) is 9.42. The lowest BCUT2D eigenvalue weighted by Gasteiger charge is -2.24. The molecule has 2 aromatic carbocycles. The maximum atomic E-state index is 12.5. The molecule has 2 aromatic rings. The number of para-hydroxylation sites is 1. The molecule has 0 bridgehead atoms. The van der Waals surface area contributed by atoms with Crippen LogP contribution in [-0.4, -0.2) is 43.9 Å². The summed E-state index contributed by atoms with van der Waals surface area (Å²) >= 11 is 6.04. The van der Waals surface area contributed by atoms with Gasteiger partial charge in [0, 0.05) is 19.8 Å². The summed E-state index contributed by atoms with van der Waals surface area (Å²) in [4.78, 5) is 28.0. The molecule has 2 amide bonds. The fourth-order valence-electron chi connectivity index (χ4n) is 2.59. The van der Waals surface area contributed by atoms with Gasteiger partial charge in [-0.25, -0.2) is 0 Å². The smallest absolute Gasteiger partial charge is 0.244 e. The molecule has 0 unspecified atom stereocenters. The predicted molar refractivity (Wildman–Crippen MR) is 112 cm³/mol. The molecule has 0 saturated heterocycles. The minimum absolute atomic E-state index is 0.0378. The molecular weight excluding hydrogens is 362 g/mol. The molecule has 0 fully saturated rings. The first-order valence-electron chi connectivity index (χ1n) is 8.87. The van der Waals surface area contributed by atoms with Crippen molar-refractivity contribution in [2.75, 3.05) is 37.4 Å². The Kier molecular flexibility index (Phi) is 7.25. The molecule has 27 heavy (non-hydrogen) atoms. The van der Waals surface area contributed by atoms with E-state index in [0.29, 0.717) is 16.6 Å². The summed E-state index contributed by atoms with van der Waals surface area (Å²) in [6, 6.07) is 15.1. The monoisotopic (exact) mass is 387 g/mol. The Hall–Kier alpha value is -2.53. The Morgan fingerprint density at radius 3 is 2.41 bits per heavy atom. The van der Waals surface area contributed by atoms with E-state index in [0.717, 1.165) is 5.69 Å². The quantitative estimate of drug-likeness (QED) is 0.781. The number of hydrogen-bond acceptors (Lipinski definition) is 3. The predicted octanol–water partition coefficient (Wildman–Crippen LogP) is 4.00. The maximum absolute atomic E-state index is 12.5. The first-order chi connectivity index (χ1) is 12.8. The normalized spacial score (nSPS) is 10.6. The van der Waals surface area contributed by atoms with Crippen LogP contribution >= 0.6 is 11.6 Å². The molecule has 0 aromatic heterocycles. The molecule has 5 nitrogen and oxygen atoms in total. The van der Waals surface area contributed by atoms with E-state index in [1.54, 1.807) is 31.3 Å². The van der Waals surface area contributed by atoms with E-state index in [2.05, 4.69) is 31.3 Å². The number of carbonyl (C=O) groups is 2. The minimum atomic E-state index is -0.289. The molecule has 0 aliphatic carbocycles. The summed E-state index contributed by atoms with van der Waals surface area (Å²) in [7, 11) is 3.49. The number of rotatable bonds is 7. The van der Waals surface area contributed by atoms with Crippen molar-refractivity contribution in [3.63, 3.8) is 0 Å². The van der Waals surface area contributed by atoms with Crippen molar-refractivity contribution in [1.82, 2.24) is 4.90 Å². The maximum Gasteiger partial charge on any atom is 0.244 e. The number of amides is 2. The number of benzene rings is 2. The highest BCUT2D eigenvalue weighted by Gasteiger charge is 2.16. The zero-order chi connectivity index (χ0) is 20.0. The van der Waals surface area contributed by atoms with Crippen molar-refractivity contribution < 1.29 is 9.59 Å². The van der Waals surface area contributed by atoms with Gasteiger partial charge in [-0.1, -0.05) is 49.7 Å². The molecule has 144 valence electrons. The topological polar surface area (TPSA) is 52.7 Å². The number of nitrogens with one attached hydrogen (secondary N) is 1. The number of nitrogens with zero attached hydrogens (tertiary/aromatic N) is 2. The Balaban J connectivity index is 1.92. The Bertz CT molecular complexity index is 808. The molecule has 0 atom stereocenters. The van der Waals surface area contributed by atoms with Crippen molar-refractivity contribution in [3.8, 4) is 0 Å². The lowest BCUT2D eigenvalue weighted by atomic mass is 10.0. The largest absolute Gasteiger partial charge is 0.365 e. The minimum Gasteiger partial charge on any atom is -0.365 e. The standard InChI is InChI=1S/C21H26ClN3O2/c1-15(2)16-8-7-9-17(12-16)24(3)14-21(27)25(4)13-20(26)23-19-11-6-5-10-18(19)22/h5-12,15H,13-14H2,1-4H3,(H,23,26). The highest BCUT2D eigenvalue weighted by atomic mass is 35.5. The molecule has 1 N–H and O–H groups in total. The van der Waals surface area contributed by atoms with Gasteiger partial charge in [-0.3, -0.25) is 9.59 Å². The summed E-state index contributed by atoms with van der Waals surface area (Å²) < 4.78 is 0. The highest BCUT2D eigenvalue weighted by Crippen LogP contribution is 2.21. The van der Waals surface area contributed by atoms with Crippen LogP contribution in [0.1, 0.15) is 25.3 Å². The Labute approximate surface area is 165 Å². The third-order valence-electron chi connectivity index (χ3n) is 4.30. The van der Waals surface area contributed by atoms with E-state index in [-0.39, 0.29) is 24.9 Å². The molecule has 0 aliphatic heterocycles. The molecule has 0 spiro atoms. The van der Waals surface area contributed by atoms with E-state index >= 15 is 0 Å². The SMILES string of the molecule is CC(C)c1cccc(N(C)CC(=O)N(C)CC(=O)Nc2ccccc2Cl)c1. The summed E-state index contributed by atoms with van der Waals surface area (Å²) in [5, 5.41) is 3.19. The first-order valence-corrected chi connectivity index (χ1v) is 9.25. The van der Waals surface area contributed by atoms with Gasteiger partial charge in [0.05, 0.1) is 23.8 Å². The van der Waals surface area contributed by atoms with Crippen LogP contribution in [-0.2, 0) is 9.59 Å². The van der Waals surface area contributed by atoms with Gasteiger partial charge >= 0.3 is 0 Å². The third-order valence-corrected chi connectivity index (χ3v) is 4.63. The van der Waals surface area contributed by atoms with Crippen molar-refractivity contribution >= 4 is 34.8 Å². The van der Waals surface area contributed by atoms with Gasteiger partial charge in [0.15, 0.2) is 0 Å². The molecule has 6 heteroatoms. The molecule has 0 saturated carbocycles. The van der Waals surface area contributed by atoms with Crippen molar-refractivity contribution in [2.45, 2.75) is 19.8 Å². The van der Waals surface area contributed by atoms with E-state index < -0.39 is 0 Å².